The fourth-order valence-corrected chi connectivity index (χ4v) is 6.71. The Kier molecular flexibility index (Phi) is 7.09. The van der Waals surface area contributed by atoms with Crippen molar-refractivity contribution in [2.75, 3.05) is 33.4 Å². The molecule has 3 N–H and O–H groups in total. The molecule has 2 fully saturated rings. The van der Waals surface area contributed by atoms with Gasteiger partial charge in [-0.3, -0.25) is 9.59 Å². The van der Waals surface area contributed by atoms with Crippen LogP contribution in [0.15, 0.2) is 30.3 Å². The number of ether oxygens (including phenoxy) is 2. The number of aryl methyl sites for hydroxylation is 1. The summed E-state index contributed by atoms with van der Waals surface area (Å²) >= 11 is 0. The fourth-order valence-electron chi connectivity index (χ4n) is 6.71. The number of hydrogen-bond acceptors (Lipinski definition) is 7. The van der Waals surface area contributed by atoms with Gasteiger partial charge in [-0.15, -0.1) is 0 Å². The average molecular weight is 586 g/mol. The molecule has 43 heavy (non-hydrogen) atoms. The molecule has 1 saturated carbocycles. The Balaban J connectivity index is 1.33. The first-order chi connectivity index (χ1) is 20.8. The summed E-state index contributed by atoms with van der Waals surface area (Å²) in [7, 11) is 3.61. The van der Waals surface area contributed by atoms with Gasteiger partial charge in [0.05, 0.1) is 36.7 Å². The van der Waals surface area contributed by atoms with Crippen molar-refractivity contribution < 1.29 is 19.1 Å². The molecule has 1 aliphatic carbocycles. The second kappa shape index (κ2) is 10.9. The van der Waals surface area contributed by atoms with Gasteiger partial charge in [0.15, 0.2) is 5.82 Å². The van der Waals surface area contributed by atoms with Gasteiger partial charge < -0.3 is 34.6 Å². The second-order valence-electron chi connectivity index (χ2n) is 12.4. The number of nitrogens with zero attached hydrogens (tertiary/aromatic N) is 5. The van der Waals surface area contributed by atoms with E-state index in [1.54, 1.807) is 7.11 Å². The molecule has 0 spiro atoms. The smallest absolute Gasteiger partial charge is 0.254 e. The summed E-state index contributed by atoms with van der Waals surface area (Å²) in [5.74, 6) is 2.20. The van der Waals surface area contributed by atoms with Crippen LogP contribution in [0.1, 0.15) is 54.7 Å². The molecule has 3 aliphatic rings. The number of benzene rings is 1. The van der Waals surface area contributed by atoms with Gasteiger partial charge >= 0.3 is 0 Å². The van der Waals surface area contributed by atoms with Crippen LogP contribution < -0.4 is 15.8 Å². The molecule has 2 bridgehead atoms. The van der Waals surface area contributed by atoms with Crippen LogP contribution >= 0.6 is 0 Å². The van der Waals surface area contributed by atoms with Crippen LogP contribution in [0.25, 0.3) is 33.6 Å². The van der Waals surface area contributed by atoms with Gasteiger partial charge in [0.1, 0.15) is 16.9 Å². The molecule has 7 rings (SSSR count). The molecule has 1 saturated heterocycles. The highest BCUT2D eigenvalue weighted by molar-refractivity contribution is 6.00. The Morgan fingerprint density at radius 2 is 2.02 bits per heavy atom. The molecule has 226 valence electrons. The summed E-state index contributed by atoms with van der Waals surface area (Å²) in [5, 5.41) is 4.06. The van der Waals surface area contributed by atoms with E-state index >= 15 is 0 Å². The third kappa shape index (κ3) is 5.14. The minimum absolute atomic E-state index is 0.000503. The van der Waals surface area contributed by atoms with Crippen LogP contribution in [0, 0.1) is 11.8 Å². The Morgan fingerprint density at radius 3 is 2.84 bits per heavy atom. The highest BCUT2D eigenvalue weighted by Crippen LogP contribution is 2.42. The lowest BCUT2D eigenvalue weighted by Gasteiger charge is -2.30. The van der Waals surface area contributed by atoms with E-state index in [1.807, 2.05) is 41.6 Å². The van der Waals surface area contributed by atoms with Crippen molar-refractivity contribution in [1.29, 1.82) is 0 Å². The fraction of sp³-hybridized carbons (Fsp3) is 0.500. The third-order valence-electron chi connectivity index (χ3n) is 9.25. The number of likely N-dealkylation sites (tertiary alicyclic amines) is 1. The lowest BCUT2D eigenvalue weighted by molar-refractivity contribution is -0.122. The van der Waals surface area contributed by atoms with Crippen molar-refractivity contribution in [3.05, 3.63) is 41.6 Å². The topological polar surface area (TPSA) is 130 Å². The lowest BCUT2D eigenvalue weighted by Crippen LogP contribution is -2.45. The Hall–Kier alpha value is -3.96. The van der Waals surface area contributed by atoms with Gasteiger partial charge in [-0.05, 0) is 68.4 Å². The monoisotopic (exact) mass is 585 g/mol. The first-order valence-electron chi connectivity index (χ1n) is 15.3. The zero-order valence-corrected chi connectivity index (χ0v) is 25.0. The van der Waals surface area contributed by atoms with E-state index in [1.165, 1.54) is 0 Å². The van der Waals surface area contributed by atoms with Gasteiger partial charge in [-0.1, -0.05) is 0 Å². The average Bonchev–Trinajstić information content (AvgIpc) is 3.52. The zero-order valence-electron chi connectivity index (χ0n) is 25.0. The summed E-state index contributed by atoms with van der Waals surface area (Å²) in [6.45, 7) is 5.08. The van der Waals surface area contributed by atoms with Crippen molar-refractivity contribution in [2.24, 2.45) is 24.6 Å². The number of imidazole rings is 1. The van der Waals surface area contributed by atoms with Crippen molar-refractivity contribution in [1.82, 2.24) is 29.3 Å². The second-order valence-corrected chi connectivity index (χ2v) is 12.4. The number of nitrogens with two attached hydrogens (primary N) is 1. The molecule has 2 aliphatic heterocycles. The van der Waals surface area contributed by atoms with E-state index in [4.69, 9.17) is 25.2 Å². The molecule has 2 amide bonds. The highest BCUT2D eigenvalue weighted by Gasteiger charge is 2.38. The Labute approximate surface area is 250 Å². The van der Waals surface area contributed by atoms with E-state index in [2.05, 4.69) is 22.0 Å². The molecular formula is C32H39N7O4. The number of aromatic nitrogens is 4. The maximum atomic E-state index is 13.5. The summed E-state index contributed by atoms with van der Waals surface area (Å²) in [6.07, 6.45) is 3.25. The third-order valence-corrected chi connectivity index (χ3v) is 9.25. The molecule has 5 heterocycles. The number of rotatable bonds is 3. The van der Waals surface area contributed by atoms with E-state index in [0.29, 0.717) is 61.4 Å². The van der Waals surface area contributed by atoms with E-state index in [-0.39, 0.29) is 23.9 Å². The number of carbonyl (C=O) groups is 2. The summed E-state index contributed by atoms with van der Waals surface area (Å²) in [6, 6.07) is 9.63. The van der Waals surface area contributed by atoms with E-state index < -0.39 is 0 Å². The number of methoxy groups -OCH3 is 1. The molecular weight excluding hydrogens is 546 g/mol. The van der Waals surface area contributed by atoms with E-state index in [0.717, 1.165) is 59.6 Å². The Morgan fingerprint density at radius 1 is 1.16 bits per heavy atom. The SMILES string of the molecule is COc1cc(C(=O)N2CCC[C@@H](N)C2)cc2nc(-c3cc4ccc5nc4n3C[C@@H]3CC3COCCC(=O)N[C@@H]5C)n(C)c12. The summed E-state index contributed by atoms with van der Waals surface area (Å²) in [5.41, 5.74) is 10.9. The van der Waals surface area contributed by atoms with Gasteiger partial charge in [-0.25, -0.2) is 9.97 Å². The molecule has 4 aromatic rings. The minimum atomic E-state index is -0.231. The number of hydrogen-bond donors (Lipinski definition) is 2. The highest BCUT2D eigenvalue weighted by atomic mass is 16.5. The first kappa shape index (κ1) is 27.8. The first-order valence-corrected chi connectivity index (χ1v) is 15.3. The standard InChI is InChI=1S/C32H39N7O4/c1-18-24-7-6-19-13-26(39(30(19)35-24)15-21-11-22(21)17-43-10-8-28(40)34-18)31-36-25-12-20(14-27(42-3)29(25)37(31)2)32(41)38-9-4-5-23(33)16-38/h6-7,12-14,18,21-23H,4-5,8-11,15-17,33H2,1-3H3,(H,34,40)/t18-,21+,22?,23-/m1/s1. The van der Waals surface area contributed by atoms with E-state index in [9.17, 15) is 9.59 Å². The zero-order chi connectivity index (χ0) is 29.8. The summed E-state index contributed by atoms with van der Waals surface area (Å²) in [4.78, 5) is 38.0. The van der Waals surface area contributed by atoms with Crippen LogP contribution in [0.5, 0.6) is 5.75 Å². The molecule has 0 radical (unpaired) electrons. The van der Waals surface area contributed by atoms with Crippen molar-refractivity contribution in [3.8, 4) is 17.3 Å². The van der Waals surface area contributed by atoms with Crippen LogP contribution in [-0.4, -0.2) is 75.3 Å². The van der Waals surface area contributed by atoms with Gasteiger partial charge in [0.2, 0.25) is 5.91 Å². The molecule has 11 heteroatoms. The van der Waals surface area contributed by atoms with Gasteiger partial charge in [0.25, 0.3) is 5.91 Å². The Bertz CT molecular complexity index is 1730. The van der Waals surface area contributed by atoms with Crippen molar-refractivity contribution >= 4 is 33.9 Å². The largest absolute Gasteiger partial charge is 0.494 e. The molecule has 4 atom stereocenters. The number of piperidine rings is 1. The lowest BCUT2D eigenvalue weighted by atomic mass is 10.0. The quantitative estimate of drug-likeness (QED) is 0.377. The molecule has 3 aromatic heterocycles. The molecule has 1 aromatic carbocycles. The molecule has 1 unspecified atom stereocenters. The maximum absolute atomic E-state index is 13.5. The maximum Gasteiger partial charge on any atom is 0.254 e. The van der Waals surface area contributed by atoms with Gasteiger partial charge in [-0.2, -0.15) is 0 Å². The van der Waals surface area contributed by atoms with Crippen LogP contribution in [0.3, 0.4) is 0 Å². The van der Waals surface area contributed by atoms with Gasteiger partial charge in [0, 0.05) is 56.7 Å². The minimum Gasteiger partial charge on any atom is -0.494 e. The van der Waals surface area contributed by atoms with Crippen molar-refractivity contribution in [3.63, 3.8) is 0 Å². The predicted molar refractivity (Wildman–Crippen MR) is 163 cm³/mol. The number of pyridine rings is 1. The number of nitrogens with one attached hydrogen (secondary N) is 1. The predicted octanol–water partition coefficient (Wildman–Crippen LogP) is 3.40. The number of carbonyl (C=O) groups excluding carboxylic acids is 2. The van der Waals surface area contributed by atoms with Crippen LogP contribution in [0.4, 0.5) is 0 Å². The molecule has 11 nitrogen and oxygen atoms in total. The number of fused-ring (bicyclic) bond motifs is 3. The summed E-state index contributed by atoms with van der Waals surface area (Å²) < 4.78 is 16.0. The number of amides is 2. The van der Waals surface area contributed by atoms with Crippen LogP contribution in [-0.2, 0) is 23.1 Å². The van der Waals surface area contributed by atoms with Crippen LogP contribution in [0.2, 0.25) is 0 Å². The normalized spacial score (nSPS) is 24.6. The van der Waals surface area contributed by atoms with Crippen molar-refractivity contribution in [2.45, 2.75) is 51.2 Å².